The van der Waals surface area contributed by atoms with Crippen molar-refractivity contribution in [1.29, 1.82) is 0 Å². The van der Waals surface area contributed by atoms with Crippen molar-refractivity contribution in [2.75, 3.05) is 19.0 Å². The number of fused-ring (bicyclic) bond motifs is 1. The predicted octanol–water partition coefficient (Wildman–Crippen LogP) is 4.67. The quantitative estimate of drug-likeness (QED) is 0.594. The predicted molar refractivity (Wildman–Crippen MR) is 104 cm³/mol. The Hall–Kier alpha value is -3.14. The van der Waals surface area contributed by atoms with Gasteiger partial charge in [0.1, 0.15) is 0 Å². The number of hydrogen-bond donors (Lipinski definition) is 1. The summed E-state index contributed by atoms with van der Waals surface area (Å²) in [4.78, 5) is 6.80. The van der Waals surface area contributed by atoms with Crippen LogP contribution in [0.15, 0.2) is 60.9 Å². The lowest BCUT2D eigenvalue weighted by atomic mass is 9.97. The number of nitrogens with one attached hydrogen (secondary N) is 1. The number of anilines is 1. The monoisotopic (exact) mass is 328 g/mol. The lowest BCUT2D eigenvalue weighted by molar-refractivity contribution is 1.11. The van der Waals surface area contributed by atoms with Gasteiger partial charge in [-0.2, -0.15) is 5.10 Å². The van der Waals surface area contributed by atoms with Crippen LogP contribution in [0, 0.1) is 6.92 Å². The molecule has 0 saturated heterocycles. The average Bonchev–Trinajstić information content (AvgIpc) is 3.09. The Morgan fingerprint density at radius 3 is 2.60 bits per heavy atom. The Bertz CT molecular complexity index is 1050. The third kappa shape index (κ3) is 2.76. The van der Waals surface area contributed by atoms with Crippen molar-refractivity contribution >= 4 is 16.6 Å². The van der Waals surface area contributed by atoms with Gasteiger partial charge in [0.2, 0.25) is 0 Å². The lowest BCUT2D eigenvalue weighted by Crippen LogP contribution is -2.10. The van der Waals surface area contributed by atoms with Crippen LogP contribution in [0.3, 0.4) is 0 Å². The topological polar surface area (TPSA) is 44.8 Å². The second-order valence-corrected chi connectivity index (χ2v) is 6.47. The van der Waals surface area contributed by atoms with Crippen LogP contribution in [0.4, 0.5) is 5.69 Å². The first kappa shape index (κ1) is 15.4. The molecular formula is C21H20N4. The van der Waals surface area contributed by atoms with E-state index in [0.717, 1.165) is 33.3 Å². The van der Waals surface area contributed by atoms with Gasteiger partial charge in [0.15, 0.2) is 0 Å². The van der Waals surface area contributed by atoms with Crippen LogP contribution in [0.2, 0.25) is 0 Å². The molecule has 0 bridgehead atoms. The molecule has 0 unspecified atom stereocenters. The number of aromatic nitrogens is 3. The maximum absolute atomic E-state index is 4.67. The molecule has 0 aliphatic heterocycles. The van der Waals surface area contributed by atoms with Crippen molar-refractivity contribution in [3.05, 3.63) is 66.5 Å². The zero-order valence-corrected chi connectivity index (χ0v) is 14.6. The summed E-state index contributed by atoms with van der Waals surface area (Å²) >= 11 is 0. The SMILES string of the molecule is Cc1cc(-c2ncccc2-c2ccc3[nH]ncc3c2)ccc1N(C)C. The maximum atomic E-state index is 4.67. The molecule has 0 atom stereocenters. The van der Waals surface area contributed by atoms with E-state index < -0.39 is 0 Å². The number of nitrogens with zero attached hydrogens (tertiary/aromatic N) is 3. The Balaban J connectivity index is 1.85. The molecule has 25 heavy (non-hydrogen) atoms. The van der Waals surface area contributed by atoms with Crippen molar-refractivity contribution in [3.63, 3.8) is 0 Å². The summed E-state index contributed by atoms with van der Waals surface area (Å²) in [5.74, 6) is 0. The van der Waals surface area contributed by atoms with E-state index in [2.05, 4.69) is 83.6 Å². The first-order valence-corrected chi connectivity index (χ1v) is 8.30. The van der Waals surface area contributed by atoms with Crippen molar-refractivity contribution < 1.29 is 0 Å². The van der Waals surface area contributed by atoms with Crippen LogP contribution < -0.4 is 4.90 Å². The van der Waals surface area contributed by atoms with E-state index in [4.69, 9.17) is 0 Å². The van der Waals surface area contributed by atoms with E-state index in [1.807, 2.05) is 18.5 Å². The fourth-order valence-corrected chi connectivity index (χ4v) is 3.28. The fourth-order valence-electron chi connectivity index (χ4n) is 3.28. The minimum Gasteiger partial charge on any atom is -0.377 e. The molecule has 0 aliphatic rings. The van der Waals surface area contributed by atoms with E-state index in [1.54, 1.807) is 0 Å². The second kappa shape index (κ2) is 6.06. The summed E-state index contributed by atoms with van der Waals surface area (Å²) in [7, 11) is 4.13. The zero-order chi connectivity index (χ0) is 17.4. The highest BCUT2D eigenvalue weighted by Gasteiger charge is 2.11. The molecule has 124 valence electrons. The van der Waals surface area contributed by atoms with Crippen LogP contribution >= 0.6 is 0 Å². The average molecular weight is 328 g/mol. The number of aromatic amines is 1. The molecule has 0 fully saturated rings. The minimum absolute atomic E-state index is 0.999. The number of aryl methyl sites for hydroxylation is 1. The zero-order valence-electron chi connectivity index (χ0n) is 14.6. The van der Waals surface area contributed by atoms with Crippen molar-refractivity contribution in [1.82, 2.24) is 15.2 Å². The van der Waals surface area contributed by atoms with Crippen molar-refractivity contribution in [2.24, 2.45) is 0 Å². The number of rotatable bonds is 3. The van der Waals surface area contributed by atoms with Gasteiger partial charge in [-0.15, -0.1) is 0 Å². The van der Waals surface area contributed by atoms with E-state index in [9.17, 15) is 0 Å². The van der Waals surface area contributed by atoms with Crippen molar-refractivity contribution in [3.8, 4) is 22.4 Å². The first-order valence-electron chi connectivity index (χ1n) is 8.30. The van der Waals surface area contributed by atoms with Gasteiger partial charge in [-0.05, 0) is 48.4 Å². The van der Waals surface area contributed by atoms with Gasteiger partial charge < -0.3 is 4.90 Å². The Morgan fingerprint density at radius 1 is 0.960 bits per heavy atom. The third-order valence-electron chi connectivity index (χ3n) is 4.51. The number of hydrogen-bond acceptors (Lipinski definition) is 3. The smallest absolute Gasteiger partial charge is 0.0780 e. The third-order valence-corrected chi connectivity index (χ3v) is 4.51. The summed E-state index contributed by atoms with van der Waals surface area (Å²) in [6.07, 6.45) is 3.70. The molecule has 2 aromatic heterocycles. The lowest BCUT2D eigenvalue weighted by Gasteiger charge is -2.17. The molecular weight excluding hydrogens is 308 g/mol. The molecule has 4 heteroatoms. The molecule has 0 radical (unpaired) electrons. The molecule has 0 saturated carbocycles. The summed E-state index contributed by atoms with van der Waals surface area (Å²) in [5.41, 5.74) is 7.91. The normalized spacial score (nSPS) is 11.0. The summed E-state index contributed by atoms with van der Waals surface area (Å²) in [6, 6.07) is 16.9. The van der Waals surface area contributed by atoms with Gasteiger partial charge in [-0.1, -0.05) is 18.2 Å². The van der Waals surface area contributed by atoms with Crippen LogP contribution in [-0.2, 0) is 0 Å². The Morgan fingerprint density at radius 2 is 1.80 bits per heavy atom. The first-order chi connectivity index (χ1) is 12.1. The molecule has 4 rings (SSSR count). The van der Waals surface area contributed by atoms with Gasteiger partial charge in [0.25, 0.3) is 0 Å². The van der Waals surface area contributed by atoms with E-state index in [1.165, 1.54) is 11.3 Å². The molecule has 4 aromatic rings. The van der Waals surface area contributed by atoms with Crippen LogP contribution in [-0.4, -0.2) is 29.3 Å². The molecule has 2 aromatic carbocycles. The van der Waals surface area contributed by atoms with Gasteiger partial charge in [0.05, 0.1) is 17.4 Å². The van der Waals surface area contributed by atoms with Crippen LogP contribution in [0.5, 0.6) is 0 Å². The van der Waals surface area contributed by atoms with Gasteiger partial charge in [0, 0.05) is 42.5 Å². The largest absolute Gasteiger partial charge is 0.377 e. The maximum Gasteiger partial charge on any atom is 0.0780 e. The molecule has 1 N–H and O–H groups in total. The summed E-state index contributed by atoms with van der Waals surface area (Å²) in [5, 5.41) is 8.21. The Kier molecular flexibility index (Phi) is 3.73. The van der Waals surface area contributed by atoms with E-state index in [-0.39, 0.29) is 0 Å². The number of pyridine rings is 1. The van der Waals surface area contributed by atoms with Gasteiger partial charge in [-0.25, -0.2) is 0 Å². The minimum atomic E-state index is 0.999. The van der Waals surface area contributed by atoms with Crippen LogP contribution in [0.1, 0.15) is 5.56 Å². The number of H-pyrrole nitrogens is 1. The Labute approximate surface area is 147 Å². The highest BCUT2D eigenvalue weighted by atomic mass is 15.1. The highest BCUT2D eigenvalue weighted by Crippen LogP contribution is 2.33. The summed E-state index contributed by atoms with van der Waals surface area (Å²) in [6.45, 7) is 2.14. The van der Waals surface area contributed by atoms with Crippen LogP contribution in [0.25, 0.3) is 33.3 Å². The standard InChI is InChI=1S/C21H20N4/c1-14-11-16(7-9-20(14)25(2)3)21-18(5-4-10-22-21)15-6-8-19-17(12-15)13-23-24-19/h4-13H,1-3H3,(H,23,24). The molecule has 4 nitrogen and oxygen atoms in total. The van der Waals surface area contributed by atoms with Gasteiger partial charge in [-0.3, -0.25) is 10.1 Å². The van der Waals surface area contributed by atoms with E-state index in [0.29, 0.717) is 0 Å². The molecule has 0 amide bonds. The number of benzene rings is 2. The summed E-state index contributed by atoms with van der Waals surface area (Å²) < 4.78 is 0. The van der Waals surface area contributed by atoms with E-state index >= 15 is 0 Å². The second-order valence-electron chi connectivity index (χ2n) is 6.47. The molecule has 0 spiro atoms. The van der Waals surface area contributed by atoms with Gasteiger partial charge >= 0.3 is 0 Å². The fraction of sp³-hybridized carbons (Fsp3) is 0.143. The van der Waals surface area contributed by atoms with Crippen molar-refractivity contribution in [2.45, 2.75) is 6.92 Å². The highest BCUT2D eigenvalue weighted by molar-refractivity contribution is 5.88. The molecule has 0 aliphatic carbocycles. The molecule has 2 heterocycles.